The number of carbonyl (C=O) groups excluding carboxylic acids is 2. The maximum absolute atomic E-state index is 12.7. The van der Waals surface area contributed by atoms with E-state index in [1.165, 1.54) is 0 Å². The van der Waals surface area contributed by atoms with Gasteiger partial charge in [-0.2, -0.15) is 0 Å². The maximum Gasteiger partial charge on any atom is 0.245 e. The van der Waals surface area contributed by atoms with Gasteiger partial charge in [-0.15, -0.1) is 0 Å². The summed E-state index contributed by atoms with van der Waals surface area (Å²) in [5, 5.41) is 6.38. The molecule has 0 radical (unpaired) electrons. The lowest BCUT2D eigenvalue weighted by molar-refractivity contribution is -0.147. The predicted octanol–water partition coefficient (Wildman–Crippen LogP) is 1.30. The van der Waals surface area contributed by atoms with Gasteiger partial charge in [-0.1, -0.05) is 26.0 Å². The number of hydrogen-bond acceptors (Lipinski definition) is 4. The molecular formula is C19H27N3O3. The number of nitrogens with one attached hydrogen (secondary N) is 2. The summed E-state index contributed by atoms with van der Waals surface area (Å²) in [6.07, 6.45) is 1.35. The maximum atomic E-state index is 12.7. The van der Waals surface area contributed by atoms with Crippen molar-refractivity contribution in [2.75, 3.05) is 13.7 Å². The Hall–Kier alpha value is -2.08. The van der Waals surface area contributed by atoms with Crippen LogP contribution in [0.4, 0.5) is 0 Å². The van der Waals surface area contributed by atoms with Crippen LogP contribution in [0.5, 0.6) is 5.75 Å². The first-order chi connectivity index (χ1) is 12.0. The Morgan fingerprint density at radius 3 is 2.88 bits per heavy atom. The molecule has 6 heteroatoms. The first-order valence-corrected chi connectivity index (χ1v) is 8.95. The fourth-order valence-corrected chi connectivity index (χ4v) is 3.68. The van der Waals surface area contributed by atoms with Crippen molar-refractivity contribution < 1.29 is 14.3 Å². The van der Waals surface area contributed by atoms with Gasteiger partial charge in [0.1, 0.15) is 17.8 Å². The largest absolute Gasteiger partial charge is 0.497 e. The van der Waals surface area contributed by atoms with Crippen LogP contribution in [0, 0.1) is 5.92 Å². The molecule has 0 spiro atoms. The van der Waals surface area contributed by atoms with Gasteiger partial charge >= 0.3 is 0 Å². The minimum absolute atomic E-state index is 0.0177. The molecule has 2 saturated heterocycles. The van der Waals surface area contributed by atoms with Crippen LogP contribution in [0.2, 0.25) is 0 Å². The predicted molar refractivity (Wildman–Crippen MR) is 95.1 cm³/mol. The van der Waals surface area contributed by atoms with E-state index < -0.39 is 0 Å². The topological polar surface area (TPSA) is 70.7 Å². The zero-order chi connectivity index (χ0) is 18.0. The molecule has 3 atom stereocenters. The molecule has 0 aliphatic carbocycles. The Labute approximate surface area is 148 Å². The van der Waals surface area contributed by atoms with Crippen molar-refractivity contribution >= 4 is 11.8 Å². The number of nitrogens with zero attached hydrogens (tertiary/aromatic N) is 1. The summed E-state index contributed by atoms with van der Waals surface area (Å²) in [4.78, 5) is 26.8. The molecule has 0 bridgehead atoms. The van der Waals surface area contributed by atoms with E-state index in [-0.39, 0.29) is 29.9 Å². The molecule has 2 aliphatic rings. The number of benzene rings is 1. The Kier molecular flexibility index (Phi) is 5.27. The molecular weight excluding hydrogens is 318 g/mol. The monoisotopic (exact) mass is 345 g/mol. The fourth-order valence-electron chi connectivity index (χ4n) is 3.68. The molecule has 6 nitrogen and oxygen atoms in total. The number of fused-ring (bicyclic) bond motifs is 1. The first-order valence-electron chi connectivity index (χ1n) is 8.95. The van der Waals surface area contributed by atoms with Crippen molar-refractivity contribution in [2.45, 2.75) is 51.4 Å². The standard InChI is InChI=1S/C19H27N3O3/c1-12(2)7-16-19(24)22-11-14(9-17(22)18(23)21-16)20-10-13-5-4-6-15(8-13)25-3/h4-6,8,12,14,16-17,20H,7,9-11H2,1-3H3,(H,21,23)/t14-,16+,17-/m0/s1. The van der Waals surface area contributed by atoms with Crippen LogP contribution in [-0.2, 0) is 16.1 Å². The van der Waals surface area contributed by atoms with Crippen LogP contribution in [-0.4, -0.2) is 48.5 Å². The van der Waals surface area contributed by atoms with Crippen molar-refractivity contribution in [2.24, 2.45) is 5.92 Å². The van der Waals surface area contributed by atoms with Gasteiger partial charge in [0.25, 0.3) is 0 Å². The summed E-state index contributed by atoms with van der Waals surface area (Å²) < 4.78 is 5.24. The molecule has 2 heterocycles. The molecule has 2 fully saturated rings. The summed E-state index contributed by atoms with van der Waals surface area (Å²) in [5.74, 6) is 1.24. The minimum atomic E-state index is -0.374. The molecule has 0 aromatic heterocycles. The van der Waals surface area contributed by atoms with Gasteiger partial charge < -0.3 is 20.3 Å². The Balaban J connectivity index is 1.60. The second kappa shape index (κ2) is 7.44. The number of amides is 2. The smallest absolute Gasteiger partial charge is 0.245 e. The molecule has 2 amide bonds. The van der Waals surface area contributed by atoms with E-state index in [1.54, 1.807) is 12.0 Å². The number of carbonyl (C=O) groups is 2. The highest BCUT2D eigenvalue weighted by molar-refractivity contribution is 5.97. The van der Waals surface area contributed by atoms with Gasteiger partial charge in [-0.05, 0) is 36.5 Å². The third-order valence-electron chi connectivity index (χ3n) is 4.94. The highest BCUT2D eigenvalue weighted by atomic mass is 16.5. The van der Waals surface area contributed by atoms with Crippen molar-refractivity contribution in [3.63, 3.8) is 0 Å². The summed E-state index contributed by atoms with van der Waals surface area (Å²) >= 11 is 0. The minimum Gasteiger partial charge on any atom is -0.497 e. The van der Waals surface area contributed by atoms with Gasteiger partial charge in [0.2, 0.25) is 11.8 Å². The number of rotatable bonds is 6. The molecule has 1 aromatic carbocycles. The number of methoxy groups -OCH3 is 1. The zero-order valence-electron chi connectivity index (χ0n) is 15.1. The van der Waals surface area contributed by atoms with Crippen molar-refractivity contribution in [1.82, 2.24) is 15.5 Å². The van der Waals surface area contributed by atoms with E-state index in [9.17, 15) is 9.59 Å². The summed E-state index contributed by atoms with van der Waals surface area (Å²) in [5.41, 5.74) is 1.12. The molecule has 0 unspecified atom stereocenters. The van der Waals surface area contributed by atoms with E-state index in [1.807, 2.05) is 24.3 Å². The molecule has 2 aliphatic heterocycles. The van der Waals surface area contributed by atoms with Crippen LogP contribution in [0.3, 0.4) is 0 Å². The third kappa shape index (κ3) is 3.95. The van der Waals surface area contributed by atoms with Gasteiger partial charge in [0.15, 0.2) is 0 Å². The van der Waals surface area contributed by atoms with Crippen LogP contribution < -0.4 is 15.4 Å². The molecule has 25 heavy (non-hydrogen) atoms. The number of ether oxygens (including phenoxy) is 1. The summed E-state index contributed by atoms with van der Waals surface area (Å²) in [6.45, 7) is 5.41. The van der Waals surface area contributed by atoms with Crippen molar-refractivity contribution in [1.29, 1.82) is 0 Å². The Morgan fingerprint density at radius 2 is 2.16 bits per heavy atom. The molecule has 136 valence electrons. The lowest BCUT2D eigenvalue weighted by atomic mass is 9.99. The summed E-state index contributed by atoms with van der Waals surface area (Å²) in [6, 6.07) is 7.32. The van der Waals surface area contributed by atoms with Gasteiger partial charge in [-0.3, -0.25) is 9.59 Å². The van der Waals surface area contributed by atoms with Crippen LogP contribution in [0.1, 0.15) is 32.3 Å². The van der Waals surface area contributed by atoms with E-state index in [4.69, 9.17) is 4.74 Å². The number of hydrogen-bond donors (Lipinski definition) is 2. The first kappa shape index (κ1) is 17.7. The summed E-state index contributed by atoms with van der Waals surface area (Å²) in [7, 11) is 1.65. The third-order valence-corrected chi connectivity index (χ3v) is 4.94. The zero-order valence-corrected chi connectivity index (χ0v) is 15.1. The highest BCUT2D eigenvalue weighted by Crippen LogP contribution is 2.25. The molecule has 3 rings (SSSR count). The molecule has 0 saturated carbocycles. The highest BCUT2D eigenvalue weighted by Gasteiger charge is 2.46. The number of piperazine rings is 1. The van der Waals surface area contributed by atoms with Crippen molar-refractivity contribution in [3.05, 3.63) is 29.8 Å². The van der Waals surface area contributed by atoms with Gasteiger partial charge in [-0.25, -0.2) is 0 Å². The average Bonchev–Trinajstić information content (AvgIpc) is 3.02. The second-order valence-corrected chi connectivity index (χ2v) is 7.36. The fraction of sp³-hybridized carbons (Fsp3) is 0.579. The van der Waals surface area contributed by atoms with Crippen molar-refractivity contribution in [3.8, 4) is 5.75 Å². The van der Waals surface area contributed by atoms with Crippen LogP contribution in [0.15, 0.2) is 24.3 Å². The quantitative estimate of drug-likeness (QED) is 0.815. The van der Waals surface area contributed by atoms with Gasteiger partial charge in [0.05, 0.1) is 7.11 Å². The van der Waals surface area contributed by atoms with E-state index in [0.29, 0.717) is 31.8 Å². The van der Waals surface area contributed by atoms with E-state index in [0.717, 1.165) is 11.3 Å². The second-order valence-electron chi connectivity index (χ2n) is 7.36. The SMILES string of the molecule is COc1cccc(CN[C@H]2C[C@H]3C(=O)N[C@H](CC(C)C)C(=O)N3C2)c1. The van der Waals surface area contributed by atoms with Gasteiger partial charge in [0, 0.05) is 19.1 Å². The normalized spacial score (nSPS) is 25.9. The Bertz CT molecular complexity index is 647. The molecule has 2 N–H and O–H groups in total. The lowest BCUT2D eigenvalue weighted by Gasteiger charge is -2.35. The van der Waals surface area contributed by atoms with Crippen LogP contribution in [0.25, 0.3) is 0 Å². The van der Waals surface area contributed by atoms with E-state index >= 15 is 0 Å². The lowest BCUT2D eigenvalue weighted by Crippen LogP contribution is -2.61. The van der Waals surface area contributed by atoms with Crippen LogP contribution >= 0.6 is 0 Å². The molecule has 1 aromatic rings. The van der Waals surface area contributed by atoms with E-state index in [2.05, 4.69) is 24.5 Å². The average molecular weight is 345 g/mol. The Morgan fingerprint density at radius 1 is 1.36 bits per heavy atom.